The zero-order valence-corrected chi connectivity index (χ0v) is 16.3. The van der Waals surface area contributed by atoms with E-state index in [1.54, 1.807) is 6.07 Å². The molecule has 0 atom stereocenters. The highest BCUT2D eigenvalue weighted by Gasteiger charge is 2.22. The van der Waals surface area contributed by atoms with Gasteiger partial charge in [-0.05, 0) is 48.6 Å². The summed E-state index contributed by atoms with van der Waals surface area (Å²) in [6.45, 7) is 15.0. The van der Waals surface area contributed by atoms with Crippen molar-refractivity contribution in [2.24, 2.45) is 7.05 Å². The molecule has 4 rings (SSSR count). The van der Waals surface area contributed by atoms with E-state index in [-0.39, 0.29) is 0 Å². The lowest BCUT2D eigenvalue weighted by Crippen LogP contribution is -2.31. The molecule has 2 heterocycles. The Labute approximate surface area is 162 Å². The highest BCUT2D eigenvalue weighted by Crippen LogP contribution is 2.39. The van der Waals surface area contributed by atoms with E-state index >= 15 is 0 Å². The van der Waals surface area contributed by atoms with Crippen molar-refractivity contribution in [1.82, 2.24) is 0 Å². The Bertz CT molecular complexity index is 1340. The molecule has 0 spiro atoms. The molecule has 2 aromatic carbocycles. The topological polar surface area (TPSA) is 21.4 Å². The van der Waals surface area contributed by atoms with Crippen LogP contribution in [0.25, 0.3) is 38.0 Å². The number of aromatic nitrogens is 1. The van der Waals surface area contributed by atoms with Crippen molar-refractivity contribution in [2.45, 2.75) is 33.6 Å². The lowest BCUT2D eigenvalue weighted by atomic mass is 9.97. The van der Waals surface area contributed by atoms with Crippen molar-refractivity contribution in [3.05, 3.63) is 70.7 Å². The molecule has 134 valence electrons. The predicted molar refractivity (Wildman–Crippen MR) is 110 cm³/mol. The van der Waals surface area contributed by atoms with Crippen LogP contribution >= 0.6 is 0 Å². The molecule has 3 heteroatoms. The van der Waals surface area contributed by atoms with Gasteiger partial charge in [0.15, 0.2) is 11.9 Å². The minimum absolute atomic E-state index is 0.344. The predicted octanol–water partition coefficient (Wildman–Crippen LogP) is 6.37. The molecule has 4 aromatic rings. The van der Waals surface area contributed by atoms with Crippen LogP contribution in [0.2, 0.25) is 0 Å². The number of pyridine rings is 1. The molecule has 3 nitrogen and oxygen atoms in total. The smallest absolute Gasteiger partial charge is 0.216 e. The lowest BCUT2D eigenvalue weighted by molar-refractivity contribution is -0.660. The van der Waals surface area contributed by atoms with Crippen LogP contribution in [0.4, 0.5) is 5.69 Å². The molecule has 0 aliphatic rings. The monoisotopic (exact) mass is 357 g/mol. The Morgan fingerprint density at radius 3 is 2.59 bits per heavy atom. The summed E-state index contributed by atoms with van der Waals surface area (Å²) in [5, 5.41) is 1.87. The summed E-state index contributed by atoms with van der Waals surface area (Å²) in [5.41, 5.74) is 6.60. The first-order valence-electron chi connectivity index (χ1n) is 9.97. The van der Waals surface area contributed by atoms with Gasteiger partial charge in [-0.15, -0.1) is 0 Å². The van der Waals surface area contributed by atoms with E-state index in [1.807, 2.05) is 69.6 Å². The normalized spacial score (nSPS) is 12.9. The third-order valence-corrected chi connectivity index (χ3v) is 5.19. The maximum absolute atomic E-state index is 8.43. The van der Waals surface area contributed by atoms with E-state index in [0.717, 1.165) is 49.9 Å². The summed E-state index contributed by atoms with van der Waals surface area (Å²) in [6.07, 6.45) is 0.344. The highest BCUT2D eigenvalue weighted by atomic mass is 16.3. The van der Waals surface area contributed by atoms with E-state index in [0.29, 0.717) is 11.9 Å². The van der Waals surface area contributed by atoms with Gasteiger partial charge in [-0.25, -0.2) is 9.41 Å². The van der Waals surface area contributed by atoms with E-state index in [4.69, 9.17) is 13.7 Å². The number of benzene rings is 2. The average Bonchev–Trinajstić information content (AvgIpc) is 2.99. The summed E-state index contributed by atoms with van der Waals surface area (Å²) in [5.74, 6) is -0.809. The molecule has 0 N–H and O–H groups in total. The molecule has 0 aliphatic carbocycles. The molecular weight excluding hydrogens is 332 g/mol. The fourth-order valence-corrected chi connectivity index (χ4v) is 3.56. The van der Waals surface area contributed by atoms with Gasteiger partial charge < -0.3 is 4.42 Å². The Balaban J connectivity index is 2.12. The second-order valence-corrected chi connectivity index (χ2v) is 7.30. The van der Waals surface area contributed by atoms with E-state index < -0.39 is 5.89 Å². The Morgan fingerprint density at radius 1 is 1.11 bits per heavy atom. The lowest BCUT2D eigenvalue weighted by Gasteiger charge is -2.09. The Morgan fingerprint density at radius 2 is 1.89 bits per heavy atom. The fraction of sp³-hybridized carbons (Fsp3) is 0.250. The van der Waals surface area contributed by atoms with Crippen molar-refractivity contribution < 1.29 is 11.7 Å². The van der Waals surface area contributed by atoms with E-state index in [1.165, 1.54) is 0 Å². The van der Waals surface area contributed by atoms with Gasteiger partial charge in [0, 0.05) is 24.3 Å². The summed E-state index contributed by atoms with van der Waals surface area (Å²) in [7, 11) is 1.86. The van der Waals surface area contributed by atoms with Gasteiger partial charge in [0.05, 0.1) is 12.1 Å². The summed E-state index contributed by atoms with van der Waals surface area (Å²) in [4.78, 5) is 3.63. The van der Waals surface area contributed by atoms with Crippen molar-refractivity contribution >= 4 is 27.6 Å². The summed E-state index contributed by atoms with van der Waals surface area (Å²) < 4.78 is 25.0. The van der Waals surface area contributed by atoms with E-state index in [2.05, 4.69) is 4.85 Å². The van der Waals surface area contributed by atoms with Crippen LogP contribution in [0.1, 0.15) is 39.2 Å². The van der Waals surface area contributed by atoms with Gasteiger partial charge in [0.25, 0.3) is 0 Å². The van der Waals surface area contributed by atoms with Crippen LogP contribution in [0.5, 0.6) is 0 Å². The number of hydrogen-bond donors (Lipinski definition) is 0. The Hall–Kier alpha value is -3.12. The second kappa shape index (κ2) is 6.25. The molecule has 0 aliphatic heterocycles. The second-order valence-electron chi connectivity index (χ2n) is 7.30. The third-order valence-electron chi connectivity index (χ3n) is 5.19. The van der Waals surface area contributed by atoms with Crippen LogP contribution in [0, 0.1) is 20.4 Å². The molecular formula is C24H23N2O+. The summed E-state index contributed by atoms with van der Waals surface area (Å²) >= 11 is 0. The molecule has 27 heavy (non-hydrogen) atoms. The summed E-state index contributed by atoms with van der Waals surface area (Å²) in [6, 6.07) is 11.6. The first-order chi connectivity index (χ1) is 13.6. The minimum Gasteiger partial charge on any atom is -0.455 e. The van der Waals surface area contributed by atoms with Crippen LogP contribution < -0.4 is 4.57 Å². The molecule has 0 bridgehead atoms. The van der Waals surface area contributed by atoms with Crippen LogP contribution in [0.15, 0.2) is 47.0 Å². The molecule has 0 unspecified atom stereocenters. The first-order valence-corrected chi connectivity index (χ1v) is 8.97. The van der Waals surface area contributed by atoms with Gasteiger partial charge in [0.2, 0.25) is 5.69 Å². The first kappa shape index (κ1) is 15.0. The number of nitrogens with zero attached hydrogens (tertiary/aromatic N) is 2. The molecule has 0 radical (unpaired) electrons. The third kappa shape index (κ3) is 2.69. The minimum atomic E-state index is -0.809. The number of aryl methyl sites for hydroxylation is 2. The van der Waals surface area contributed by atoms with Crippen molar-refractivity contribution in [2.75, 3.05) is 0 Å². The van der Waals surface area contributed by atoms with Crippen molar-refractivity contribution in [1.29, 1.82) is 0 Å². The van der Waals surface area contributed by atoms with E-state index in [9.17, 15) is 0 Å². The average molecular weight is 357 g/mol. The number of furan rings is 1. The van der Waals surface area contributed by atoms with Crippen molar-refractivity contribution in [3.63, 3.8) is 0 Å². The van der Waals surface area contributed by atoms with Crippen LogP contribution in [-0.4, -0.2) is 0 Å². The van der Waals surface area contributed by atoms with Gasteiger partial charge in [-0.3, -0.25) is 0 Å². The van der Waals surface area contributed by atoms with Gasteiger partial charge in [0.1, 0.15) is 19.6 Å². The zero-order valence-electron chi connectivity index (χ0n) is 18.3. The molecule has 2 aromatic heterocycles. The molecule has 0 amide bonds. The largest absolute Gasteiger partial charge is 0.455 e. The van der Waals surface area contributed by atoms with Crippen LogP contribution in [0.3, 0.4) is 0 Å². The van der Waals surface area contributed by atoms with Crippen molar-refractivity contribution in [3.8, 4) is 11.3 Å². The zero-order chi connectivity index (χ0) is 21.1. The SMILES string of the molecule is [2H]c1cc(C([2H])(C)C)cc(-c2c(C)ccc3c2oc2cc(C)c([N+]#[C-])cc23)[n+]1C. The number of rotatable bonds is 2. The number of fused-ring (bicyclic) bond motifs is 3. The molecule has 0 fully saturated rings. The molecule has 0 saturated heterocycles. The highest BCUT2D eigenvalue weighted by molar-refractivity contribution is 6.10. The standard InChI is InChI=1S/C24H23N2O/c1-14(2)17-9-10-26(6)21(12-17)23-15(3)7-8-18-19-13-20(25-5)16(4)11-22(19)27-24(18)23/h7-14H,1-4,6H3/q+1/i10D,14D. The number of hydrogen-bond acceptors (Lipinski definition) is 1. The fourth-order valence-electron chi connectivity index (χ4n) is 3.56. The van der Waals surface area contributed by atoms with Crippen LogP contribution in [-0.2, 0) is 7.05 Å². The quantitative estimate of drug-likeness (QED) is 0.302. The maximum atomic E-state index is 8.43. The maximum Gasteiger partial charge on any atom is 0.216 e. The molecule has 0 saturated carbocycles. The van der Waals surface area contributed by atoms with Gasteiger partial charge in [-0.1, -0.05) is 26.0 Å². The van der Waals surface area contributed by atoms with Gasteiger partial charge >= 0.3 is 0 Å². The van der Waals surface area contributed by atoms with Gasteiger partial charge in [-0.2, -0.15) is 0 Å². The Kier molecular flexibility index (Phi) is 3.47.